The van der Waals surface area contributed by atoms with Crippen LogP contribution in [-0.2, 0) is 55.7 Å². The van der Waals surface area contributed by atoms with Gasteiger partial charge in [-0.05, 0) is 72.4 Å². The highest BCUT2D eigenvalue weighted by atomic mass is 35.5. The minimum atomic E-state index is -1.35. The molecule has 6 nitrogen and oxygen atoms in total. The summed E-state index contributed by atoms with van der Waals surface area (Å²) < 4.78 is 39.5. The third-order valence-electron chi connectivity index (χ3n) is 9.04. The molecule has 7 heteroatoms. The Morgan fingerprint density at radius 3 is 1.72 bits per heavy atom. The second-order valence-corrected chi connectivity index (χ2v) is 12.9. The molecule has 0 saturated carbocycles. The quantitative estimate of drug-likeness (QED) is 0.109. The van der Waals surface area contributed by atoms with E-state index in [0.29, 0.717) is 37.9 Å². The van der Waals surface area contributed by atoms with Gasteiger partial charge in [-0.1, -0.05) is 121 Å². The van der Waals surface area contributed by atoms with Gasteiger partial charge < -0.3 is 28.4 Å². The number of halogens is 1. The van der Waals surface area contributed by atoms with E-state index in [2.05, 4.69) is 42.5 Å². The first-order chi connectivity index (χ1) is 24.5. The first kappa shape index (κ1) is 35.8. The van der Waals surface area contributed by atoms with Gasteiger partial charge in [0.15, 0.2) is 0 Å². The van der Waals surface area contributed by atoms with Crippen LogP contribution in [0, 0.1) is 0 Å². The third-order valence-corrected chi connectivity index (χ3v) is 9.41. The van der Waals surface area contributed by atoms with E-state index in [1.165, 1.54) is 0 Å². The summed E-state index contributed by atoms with van der Waals surface area (Å²) in [6.07, 6.45) is -1.59. The SMILES string of the molecule is CCOc1ccc(Cc2cc(C3(OC)OC(C)[C@@H](OCc4ccccc4)[C@H](OCc4ccccc4)[C@H]3OCc3ccccc3)ccc2Cl)cc1. The molecule has 0 N–H and O–H groups in total. The largest absolute Gasteiger partial charge is 0.494 e. The Bertz CT molecular complexity index is 1750. The molecule has 0 amide bonds. The topological polar surface area (TPSA) is 55.4 Å². The lowest BCUT2D eigenvalue weighted by Gasteiger charge is -2.51. The first-order valence-corrected chi connectivity index (χ1v) is 17.6. The minimum Gasteiger partial charge on any atom is -0.494 e. The number of hydrogen-bond acceptors (Lipinski definition) is 6. The van der Waals surface area contributed by atoms with Crippen LogP contribution in [0.2, 0.25) is 5.02 Å². The minimum absolute atomic E-state index is 0.317. The van der Waals surface area contributed by atoms with Crippen LogP contribution >= 0.6 is 11.6 Å². The van der Waals surface area contributed by atoms with Gasteiger partial charge in [0.05, 0.1) is 32.5 Å². The van der Waals surface area contributed by atoms with Crippen LogP contribution in [0.15, 0.2) is 133 Å². The molecule has 0 bridgehead atoms. The van der Waals surface area contributed by atoms with Crippen molar-refractivity contribution in [1.29, 1.82) is 0 Å². The normalized spacial score (nSPS) is 21.9. The molecule has 6 rings (SSSR count). The van der Waals surface area contributed by atoms with Gasteiger partial charge in [-0.3, -0.25) is 0 Å². The van der Waals surface area contributed by atoms with Gasteiger partial charge in [0.1, 0.15) is 24.1 Å². The summed E-state index contributed by atoms with van der Waals surface area (Å²) in [5, 5.41) is 0.653. The molecule has 0 spiro atoms. The zero-order valence-electron chi connectivity index (χ0n) is 28.9. The molecule has 0 radical (unpaired) electrons. The fourth-order valence-electron chi connectivity index (χ4n) is 6.51. The van der Waals surface area contributed by atoms with Crippen molar-refractivity contribution in [1.82, 2.24) is 0 Å². The molecule has 5 aromatic rings. The fourth-order valence-corrected chi connectivity index (χ4v) is 6.69. The summed E-state index contributed by atoms with van der Waals surface area (Å²) in [4.78, 5) is 0. The molecule has 1 aliphatic rings. The van der Waals surface area contributed by atoms with Crippen LogP contribution in [0.1, 0.15) is 47.2 Å². The van der Waals surface area contributed by atoms with Gasteiger partial charge in [0.2, 0.25) is 5.79 Å². The molecule has 2 unspecified atom stereocenters. The van der Waals surface area contributed by atoms with Crippen molar-refractivity contribution in [2.75, 3.05) is 13.7 Å². The first-order valence-electron chi connectivity index (χ1n) is 17.2. The fraction of sp³-hybridized carbons (Fsp3) is 0.302. The number of benzene rings is 5. The van der Waals surface area contributed by atoms with E-state index in [1.807, 2.05) is 105 Å². The third kappa shape index (κ3) is 8.64. The van der Waals surface area contributed by atoms with E-state index in [4.69, 9.17) is 40.0 Å². The monoisotopic (exact) mass is 692 g/mol. The van der Waals surface area contributed by atoms with E-state index in [-0.39, 0.29) is 0 Å². The van der Waals surface area contributed by atoms with E-state index in [0.717, 1.165) is 39.1 Å². The van der Waals surface area contributed by atoms with Crippen molar-refractivity contribution in [3.8, 4) is 5.75 Å². The van der Waals surface area contributed by atoms with E-state index < -0.39 is 30.2 Å². The highest BCUT2D eigenvalue weighted by Crippen LogP contribution is 2.44. The van der Waals surface area contributed by atoms with Gasteiger partial charge in [0.25, 0.3) is 0 Å². The molecule has 5 atom stereocenters. The zero-order chi connectivity index (χ0) is 34.8. The molecule has 1 fully saturated rings. The van der Waals surface area contributed by atoms with E-state index in [1.54, 1.807) is 7.11 Å². The summed E-state index contributed by atoms with van der Waals surface area (Å²) in [7, 11) is 1.66. The zero-order valence-corrected chi connectivity index (χ0v) is 29.6. The highest BCUT2D eigenvalue weighted by Gasteiger charge is 2.57. The molecule has 0 aliphatic carbocycles. The molecule has 1 saturated heterocycles. The number of hydrogen-bond donors (Lipinski definition) is 0. The Labute approximate surface area is 300 Å². The predicted molar refractivity (Wildman–Crippen MR) is 196 cm³/mol. The van der Waals surface area contributed by atoms with Crippen LogP contribution in [0.3, 0.4) is 0 Å². The van der Waals surface area contributed by atoms with Crippen LogP contribution in [0.25, 0.3) is 0 Å². The van der Waals surface area contributed by atoms with Gasteiger partial charge in [-0.25, -0.2) is 0 Å². The Morgan fingerprint density at radius 2 is 1.18 bits per heavy atom. The maximum atomic E-state index is 6.97. The molecule has 1 heterocycles. The van der Waals surface area contributed by atoms with Gasteiger partial charge in [-0.15, -0.1) is 0 Å². The van der Waals surface area contributed by atoms with E-state index in [9.17, 15) is 0 Å². The van der Waals surface area contributed by atoms with Crippen molar-refractivity contribution >= 4 is 11.6 Å². The van der Waals surface area contributed by atoms with Gasteiger partial charge in [-0.2, -0.15) is 0 Å². The Kier molecular flexibility index (Phi) is 12.4. The molecule has 260 valence electrons. The lowest BCUT2D eigenvalue weighted by Crippen LogP contribution is -2.64. The highest BCUT2D eigenvalue weighted by molar-refractivity contribution is 6.31. The molecular weight excluding hydrogens is 648 g/mol. The lowest BCUT2D eigenvalue weighted by molar-refractivity contribution is -0.379. The summed E-state index contributed by atoms with van der Waals surface area (Å²) in [5.74, 6) is -0.511. The van der Waals surface area contributed by atoms with Crippen LogP contribution in [0.5, 0.6) is 5.75 Å². The molecule has 5 aromatic carbocycles. The number of ether oxygens (including phenoxy) is 6. The Balaban J connectivity index is 1.38. The van der Waals surface area contributed by atoms with Gasteiger partial charge in [0, 0.05) is 17.7 Å². The maximum absolute atomic E-state index is 6.97. The molecule has 0 aromatic heterocycles. The summed E-state index contributed by atoms with van der Waals surface area (Å²) >= 11 is 6.85. The molecule has 50 heavy (non-hydrogen) atoms. The van der Waals surface area contributed by atoms with Crippen LogP contribution in [-0.4, -0.2) is 38.1 Å². The second-order valence-electron chi connectivity index (χ2n) is 12.5. The molecule has 1 aliphatic heterocycles. The average molecular weight is 693 g/mol. The van der Waals surface area contributed by atoms with Crippen molar-refractivity contribution < 1.29 is 28.4 Å². The summed E-state index contributed by atoms with van der Waals surface area (Å²) in [6.45, 7) is 5.67. The summed E-state index contributed by atoms with van der Waals surface area (Å²) in [6, 6.07) is 44.4. The van der Waals surface area contributed by atoms with Crippen molar-refractivity contribution in [3.05, 3.63) is 172 Å². The maximum Gasteiger partial charge on any atom is 0.224 e. The Hall–Kier alpha value is -4.01. The van der Waals surface area contributed by atoms with Crippen LogP contribution in [0.4, 0.5) is 0 Å². The number of rotatable bonds is 15. The average Bonchev–Trinajstić information content (AvgIpc) is 3.16. The second kappa shape index (κ2) is 17.3. The standard InChI is InChI=1S/C43H45ClO6/c1-4-46-38-23-20-32(21-24-38)26-36-27-37(22-25-39(36)44)43(45-3)42(49-30-35-18-12-7-13-19-35)41(48-29-34-16-10-6-11-17-34)40(31(2)50-43)47-28-33-14-8-5-9-15-33/h5-25,27,31,40-42H,4,26,28-30H2,1-3H3/t31?,40-,41+,42-,43?/m1/s1. The Morgan fingerprint density at radius 1 is 0.640 bits per heavy atom. The lowest BCUT2D eigenvalue weighted by atomic mass is 9.86. The van der Waals surface area contributed by atoms with Crippen molar-refractivity contribution in [3.63, 3.8) is 0 Å². The van der Waals surface area contributed by atoms with Crippen molar-refractivity contribution in [2.45, 2.75) is 70.3 Å². The van der Waals surface area contributed by atoms with Crippen LogP contribution < -0.4 is 4.74 Å². The summed E-state index contributed by atoms with van der Waals surface area (Å²) in [5.41, 5.74) is 5.95. The van der Waals surface area contributed by atoms with Gasteiger partial charge >= 0.3 is 0 Å². The van der Waals surface area contributed by atoms with Crippen molar-refractivity contribution in [2.24, 2.45) is 0 Å². The number of methoxy groups -OCH3 is 1. The predicted octanol–water partition coefficient (Wildman–Crippen LogP) is 9.30. The van der Waals surface area contributed by atoms with E-state index >= 15 is 0 Å². The molecular formula is C43H45ClO6. The smallest absolute Gasteiger partial charge is 0.224 e.